The van der Waals surface area contributed by atoms with Gasteiger partial charge in [0.15, 0.2) is 0 Å². The molecule has 2 rings (SSSR count). The van der Waals surface area contributed by atoms with Crippen LogP contribution in [0.4, 0.5) is 0 Å². The minimum absolute atomic E-state index is 0.280. The molecule has 0 atom stereocenters. The minimum atomic E-state index is -0.992. The van der Waals surface area contributed by atoms with Crippen molar-refractivity contribution in [3.05, 3.63) is 18.0 Å². The molecule has 0 bridgehead atoms. The van der Waals surface area contributed by atoms with Gasteiger partial charge in [0.2, 0.25) is 0 Å². The molecule has 76 valence electrons. The van der Waals surface area contributed by atoms with Crippen molar-refractivity contribution in [2.75, 3.05) is 0 Å². The maximum atomic E-state index is 10.6. The molecule has 0 spiro atoms. The van der Waals surface area contributed by atoms with Gasteiger partial charge in [0.1, 0.15) is 5.60 Å². The average molecular weight is 196 g/mol. The fourth-order valence-corrected chi connectivity index (χ4v) is 1.97. The summed E-state index contributed by atoms with van der Waals surface area (Å²) < 4.78 is 1.58. The van der Waals surface area contributed by atoms with E-state index in [0.717, 1.165) is 0 Å². The van der Waals surface area contributed by atoms with Crippen molar-refractivity contribution < 1.29 is 15.0 Å². The van der Waals surface area contributed by atoms with Gasteiger partial charge in [0.05, 0.1) is 11.6 Å². The van der Waals surface area contributed by atoms with Gasteiger partial charge in [-0.05, 0) is 18.9 Å². The van der Waals surface area contributed by atoms with Crippen molar-refractivity contribution in [3.63, 3.8) is 0 Å². The van der Waals surface area contributed by atoms with Crippen LogP contribution in [0.5, 0.6) is 0 Å². The van der Waals surface area contributed by atoms with Crippen molar-refractivity contribution in [1.82, 2.24) is 9.78 Å². The molecule has 5 nitrogen and oxygen atoms in total. The van der Waals surface area contributed by atoms with E-state index in [1.54, 1.807) is 24.0 Å². The summed E-state index contributed by atoms with van der Waals surface area (Å²) in [5, 5.41) is 22.7. The quantitative estimate of drug-likeness (QED) is 0.703. The summed E-state index contributed by atoms with van der Waals surface area (Å²) in [6.45, 7) is 0. The summed E-state index contributed by atoms with van der Waals surface area (Å²) in [5.41, 5.74) is -0.302. The number of aliphatic carboxylic acids is 1. The first-order valence-corrected chi connectivity index (χ1v) is 4.46. The van der Waals surface area contributed by atoms with Crippen molar-refractivity contribution in [2.24, 2.45) is 13.0 Å². The molecule has 0 aliphatic heterocycles. The molecule has 5 heteroatoms. The van der Waals surface area contributed by atoms with Crippen molar-refractivity contribution in [2.45, 2.75) is 18.4 Å². The Hall–Kier alpha value is -1.36. The zero-order valence-corrected chi connectivity index (χ0v) is 7.84. The van der Waals surface area contributed by atoms with Gasteiger partial charge in [0, 0.05) is 13.2 Å². The van der Waals surface area contributed by atoms with E-state index in [4.69, 9.17) is 5.11 Å². The van der Waals surface area contributed by atoms with Crippen LogP contribution < -0.4 is 0 Å². The number of carboxylic acids is 1. The van der Waals surface area contributed by atoms with Gasteiger partial charge in [0.25, 0.3) is 0 Å². The number of nitrogens with zero attached hydrogens (tertiary/aromatic N) is 2. The van der Waals surface area contributed by atoms with Crippen LogP contribution in [0, 0.1) is 5.92 Å². The Balaban J connectivity index is 2.15. The molecular weight excluding hydrogens is 184 g/mol. The van der Waals surface area contributed by atoms with Crippen molar-refractivity contribution in [1.29, 1.82) is 0 Å². The lowest BCUT2D eigenvalue weighted by Crippen LogP contribution is -2.45. The number of carboxylic acid groups (broad SMARTS) is 1. The van der Waals surface area contributed by atoms with Crippen LogP contribution in [0.2, 0.25) is 0 Å². The smallest absolute Gasteiger partial charge is 0.306 e. The average Bonchev–Trinajstić information content (AvgIpc) is 2.45. The third kappa shape index (κ3) is 1.21. The Morgan fingerprint density at radius 2 is 2.36 bits per heavy atom. The summed E-state index contributed by atoms with van der Waals surface area (Å²) in [5.74, 6) is -1.26. The Kier molecular flexibility index (Phi) is 1.85. The van der Waals surface area contributed by atoms with Crippen molar-refractivity contribution >= 4 is 5.97 Å². The largest absolute Gasteiger partial charge is 0.481 e. The van der Waals surface area contributed by atoms with Crippen LogP contribution in [0.3, 0.4) is 0 Å². The van der Waals surface area contributed by atoms with Gasteiger partial charge >= 0.3 is 5.97 Å². The highest BCUT2D eigenvalue weighted by atomic mass is 16.4. The molecular formula is C9H12N2O3. The second-order valence-electron chi connectivity index (χ2n) is 3.82. The summed E-state index contributed by atoms with van der Waals surface area (Å²) in [4.78, 5) is 10.6. The zero-order valence-electron chi connectivity index (χ0n) is 7.84. The van der Waals surface area contributed by atoms with Crippen LogP contribution in [-0.2, 0) is 17.4 Å². The highest BCUT2D eigenvalue weighted by Gasteiger charge is 2.48. The van der Waals surface area contributed by atoms with Gasteiger partial charge in [-0.1, -0.05) is 0 Å². The predicted molar refractivity (Wildman–Crippen MR) is 47.5 cm³/mol. The van der Waals surface area contributed by atoms with Gasteiger partial charge in [-0.2, -0.15) is 5.10 Å². The van der Waals surface area contributed by atoms with E-state index in [2.05, 4.69) is 5.10 Å². The van der Waals surface area contributed by atoms with Crippen LogP contribution >= 0.6 is 0 Å². The first-order valence-electron chi connectivity index (χ1n) is 4.46. The maximum Gasteiger partial charge on any atom is 0.306 e. The SMILES string of the molecule is Cn1nccc1C1(O)CC(C(=O)O)C1. The lowest BCUT2D eigenvalue weighted by Gasteiger charge is -2.41. The number of aliphatic hydroxyl groups is 1. The number of aryl methyl sites for hydroxylation is 1. The minimum Gasteiger partial charge on any atom is -0.481 e. The molecule has 1 aromatic rings. The number of rotatable bonds is 2. The summed E-state index contributed by atoms with van der Waals surface area (Å²) in [6.07, 6.45) is 2.16. The molecule has 1 fully saturated rings. The topological polar surface area (TPSA) is 75.3 Å². The molecule has 1 aliphatic rings. The summed E-state index contributed by atoms with van der Waals surface area (Å²) in [6, 6.07) is 1.72. The zero-order chi connectivity index (χ0) is 10.3. The number of carbonyl (C=O) groups is 1. The van der Waals surface area contributed by atoms with Gasteiger partial charge in [-0.15, -0.1) is 0 Å². The first kappa shape index (κ1) is 9.21. The number of aromatic nitrogens is 2. The third-order valence-corrected chi connectivity index (χ3v) is 2.82. The molecule has 14 heavy (non-hydrogen) atoms. The number of hydrogen-bond acceptors (Lipinski definition) is 3. The van der Waals surface area contributed by atoms with Crippen LogP contribution in [0.15, 0.2) is 12.3 Å². The second-order valence-corrected chi connectivity index (χ2v) is 3.82. The lowest BCUT2D eigenvalue weighted by molar-refractivity contribution is -0.160. The molecule has 0 saturated heterocycles. The Morgan fingerprint density at radius 1 is 1.71 bits per heavy atom. The molecule has 0 unspecified atom stereocenters. The first-order chi connectivity index (χ1) is 6.53. The molecule has 1 heterocycles. The molecule has 1 aromatic heterocycles. The fraction of sp³-hybridized carbons (Fsp3) is 0.556. The predicted octanol–water partition coefficient (Wildman–Crippen LogP) is 0.102. The molecule has 0 aromatic carbocycles. The van der Waals surface area contributed by atoms with E-state index in [1.165, 1.54) is 0 Å². The summed E-state index contributed by atoms with van der Waals surface area (Å²) in [7, 11) is 1.74. The van der Waals surface area contributed by atoms with Crippen LogP contribution in [0.25, 0.3) is 0 Å². The highest BCUT2D eigenvalue weighted by Crippen LogP contribution is 2.45. The molecule has 1 saturated carbocycles. The maximum absolute atomic E-state index is 10.6. The van der Waals surface area contributed by atoms with Crippen LogP contribution in [0.1, 0.15) is 18.5 Å². The van der Waals surface area contributed by atoms with Crippen LogP contribution in [-0.4, -0.2) is 26.0 Å². The molecule has 1 aliphatic carbocycles. The van der Waals surface area contributed by atoms with Crippen molar-refractivity contribution in [3.8, 4) is 0 Å². The second kappa shape index (κ2) is 2.81. The standard InChI is InChI=1S/C9H12N2O3/c1-11-7(2-3-10-11)9(14)4-6(5-9)8(12)13/h2-3,6,14H,4-5H2,1H3,(H,12,13). The monoisotopic (exact) mass is 196 g/mol. The van der Waals surface area contributed by atoms with Gasteiger partial charge < -0.3 is 10.2 Å². The van der Waals surface area contributed by atoms with E-state index in [9.17, 15) is 9.90 Å². The lowest BCUT2D eigenvalue weighted by atomic mass is 9.69. The fourth-order valence-electron chi connectivity index (χ4n) is 1.97. The Labute approximate surface area is 81.0 Å². The van der Waals surface area contributed by atoms with Gasteiger partial charge in [-0.3, -0.25) is 9.48 Å². The third-order valence-electron chi connectivity index (χ3n) is 2.82. The van der Waals surface area contributed by atoms with Gasteiger partial charge in [-0.25, -0.2) is 0 Å². The highest BCUT2D eigenvalue weighted by molar-refractivity contribution is 5.71. The number of hydrogen-bond donors (Lipinski definition) is 2. The normalized spacial score (nSPS) is 31.1. The van der Waals surface area contributed by atoms with E-state index in [-0.39, 0.29) is 12.8 Å². The molecule has 0 amide bonds. The van der Waals surface area contributed by atoms with E-state index in [0.29, 0.717) is 5.69 Å². The Bertz CT molecular complexity index is 366. The van der Waals surface area contributed by atoms with E-state index in [1.807, 2.05) is 0 Å². The van der Waals surface area contributed by atoms with E-state index >= 15 is 0 Å². The molecule has 0 radical (unpaired) electrons. The Morgan fingerprint density at radius 3 is 2.79 bits per heavy atom. The molecule has 2 N–H and O–H groups in total. The van der Waals surface area contributed by atoms with E-state index < -0.39 is 17.5 Å². The summed E-state index contributed by atoms with van der Waals surface area (Å²) >= 11 is 0.